The van der Waals surface area contributed by atoms with Gasteiger partial charge in [-0.15, -0.1) is 11.3 Å². The van der Waals surface area contributed by atoms with E-state index in [1.165, 1.54) is 4.88 Å². The Kier molecular flexibility index (Phi) is 6.62. The summed E-state index contributed by atoms with van der Waals surface area (Å²) >= 11 is 1.69. The number of nitrogens with zero attached hydrogens (tertiary/aromatic N) is 1. The average Bonchev–Trinajstić information content (AvgIpc) is 2.67. The summed E-state index contributed by atoms with van der Waals surface area (Å²) in [4.78, 5) is 17.6. The van der Waals surface area contributed by atoms with E-state index in [0.717, 1.165) is 23.7 Å². The molecule has 1 amide bonds. The number of amides is 1. The van der Waals surface area contributed by atoms with Crippen molar-refractivity contribution in [3.8, 4) is 0 Å². The lowest BCUT2D eigenvalue weighted by Crippen LogP contribution is -2.43. The van der Waals surface area contributed by atoms with Crippen molar-refractivity contribution in [2.45, 2.75) is 60.0 Å². The van der Waals surface area contributed by atoms with Crippen LogP contribution in [0.25, 0.3) is 0 Å². The third-order valence-corrected chi connectivity index (χ3v) is 4.50. The van der Waals surface area contributed by atoms with Crippen LogP contribution >= 0.6 is 11.3 Å². The van der Waals surface area contributed by atoms with Gasteiger partial charge < -0.3 is 5.32 Å². The number of hydrogen-bond acceptors (Lipinski definition) is 4. The molecule has 0 aromatic carbocycles. The minimum atomic E-state index is -0.195. The molecule has 0 radical (unpaired) electrons. The van der Waals surface area contributed by atoms with Crippen molar-refractivity contribution < 1.29 is 4.79 Å². The topological polar surface area (TPSA) is 54.0 Å². The van der Waals surface area contributed by atoms with Crippen LogP contribution in [0.2, 0.25) is 0 Å². The van der Waals surface area contributed by atoms with E-state index >= 15 is 0 Å². The monoisotopic (exact) mass is 297 g/mol. The Bertz CT molecular complexity index is 442. The third kappa shape index (κ3) is 5.21. The van der Waals surface area contributed by atoms with Crippen LogP contribution in [-0.2, 0) is 4.79 Å². The van der Waals surface area contributed by atoms with E-state index in [1.54, 1.807) is 11.3 Å². The Hall–Kier alpha value is -0.940. The molecule has 114 valence electrons. The van der Waals surface area contributed by atoms with Gasteiger partial charge in [0, 0.05) is 17.5 Å². The van der Waals surface area contributed by atoms with E-state index in [-0.39, 0.29) is 18.0 Å². The number of carbonyl (C=O) groups excluding carboxylic acids is 1. The SMILES string of the molecule is Cc1nc(C)c(C(C)NC(C)C(=O)NCCC(C)C)s1. The van der Waals surface area contributed by atoms with E-state index in [9.17, 15) is 4.79 Å². The first-order valence-electron chi connectivity index (χ1n) is 7.29. The van der Waals surface area contributed by atoms with Gasteiger partial charge in [-0.05, 0) is 40.0 Å². The number of aromatic nitrogens is 1. The Morgan fingerprint density at radius 2 is 1.90 bits per heavy atom. The van der Waals surface area contributed by atoms with Crippen molar-refractivity contribution in [1.29, 1.82) is 0 Å². The van der Waals surface area contributed by atoms with Crippen molar-refractivity contribution in [3.05, 3.63) is 15.6 Å². The number of nitrogens with one attached hydrogen (secondary N) is 2. The first kappa shape index (κ1) is 17.1. The summed E-state index contributed by atoms with van der Waals surface area (Å²) in [6.07, 6.45) is 1.02. The van der Waals surface area contributed by atoms with E-state index in [1.807, 2.05) is 20.8 Å². The van der Waals surface area contributed by atoms with E-state index in [2.05, 4.69) is 36.4 Å². The molecule has 0 aliphatic heterocycles. The van der Waals surface area contributed by atoms with Crippen molar-refractivity contribution in [3.63, 3.8) is 0 Å². The fourth-order valence-electron chi connectivity index (χ4n) is 2.11. The van der Waals surface area contributed by atoms with Gasteiger partial charge in [-0.3, -0.25) is 10.1 Å². The van der Waals surface area contributed by atoms with Crippen molar-refractivity contribution in [2.24, 2.45) is 5.92 Å². The van der Waals surface area contributed by atoms with Crippen LogP contribution in [0.3, 0.4) is 0 Å². The maximum absolute atomic E-state index is 12.0. The molecule has 0 saturated carbocycles. The van der Waals surface area contributed by atoms with Gasteiger partial charge in [0.25, 0.3) is 0 Å². The fraction of sp³-hybridized carbons (Fsp3) is 0.733. The molecule has 2 unspecified atom stereocenters. The second-order valence-electron chi connectivity index (χ2n) is 5.77. The van der Waals surface area contributed by atoms with Crippen molar-refractivity contribution in [2.75, 3.05) is 6.54 Å². The Balaban J connectivity index is 2.46. The van der Waals surface area contributed by atoms with Crippen LogP contribution in [0, 0.1) is 19.8 Å². The minimum absolute atomic E-state index is 0.0661. The molecule has 0 aliphatic carbocycles. The van der Waals surface area contributed by atoms with E-state index in [4.69, 9.17) is 0 Å². The van der Waals surface area contributed by atoms with Crippen LogP contribution in [-0.4, -0.2) is 23.5 Å². The van der Waals surface area contributed by atoms with Crippen LogP contribution in [0.1, 0.15) is 55.7 Å². The van der Waals surface area contributed by atoms with Crippen molar-refractivity contribution >= 4 is 17.2 Å². The lowest BCUT2D eigenvalue weighted by molar-refractivity contribution is -0.122. The highest BCUT2D eigenvalue weighted by atomic mass is 32.1. The molecule has 1 rings (SSSR count). The summed E-state index contributed by atoms with van der Waals surface area (Å²) in [7, 11) is 0. The Morgan fingerprint density at radius 1 is 1.25 bits per heavy atom. The lowest BCUT2D eigenvalue weighted by atomic mass is 10.1. The standard InChI is InChI=1S/C15H27N3OS/c1-9(2)7-8-16-15(19)12(5)17-10(3)14-11(4)18-13(6)20-14/h9-10,12,17H,7-8H2,1-6H3,(H,16,19). The average molecular weight is 297 g/mol. The molecule has 2 N–H and O–H groups in total. The van der Waals surface area contributed by atoms with Gasteiger partial charge >= 0.3 is 0 Å². The summed E-state index contributed by atoms with van der Waals surface area (Å²) in [5.74, 6) is 0.677. The highest BCUT2D eigenvalue weighted by Crippen LogP contribution is 2.24. The molecule has 1 aromatic heterocycles. The summed E-state index contributed by atoms with van der Waals surface area (Å²) in [6, 6.07) is -0.0500. The maximum Gasteiger partial charge on any atom is 0.236 e. The molecule has 1 heterocycles. The molecular formula is C15H27N3OS. The summed E-state index contributed by atoms with van der Waals surface area (Å²) in [5, 5.41) is 7.39. The van der Waals surface area contributed by atoms with Gasteiger partial charge in [0.15, 0.2) is 0 Å². The number of hydrogen-bond donors (Lipinski definition) is 2. The molecule has 0 bridgehead atoms. The second kappa shape index (κ2) is 7.74. The molecule has 20 heavy (non-hydrogen) atoms. The normalized spacial score (nSPS) is 14.3. The first-order valence-corrected chi connectivity index (χ1v) is 8.10. The fourth-order valence-corrected chi connectivity index (χ4v) is 3.05. The zero-order chi connectivity index (χ0) is 15.3. The quantitative estimate of drug-likeness (QED) is 0.813. The molecule has 0 spiro atoms. The van der Waals surface area contributed by atoms with Crippen LogP contribution in [0.5, 0.6) is 0 Å². The van der Waals surface area contributed by atoms with Crippen LogP contribution < -0.4 is 10.6 Å². The first-order chi connectivity index (χ1) is 9.31. The van der Waals surface area contributed by atoms with Gasteiger partial charge in [0.05, 0.1) is 16.7 Å². The predicted molar refractivity (Wildman–Crippen MR) is 85.1 cm³/mol. The van der Waals surface area contributed by atoms with Gasteiger partial charge in [-0.1, -0.05) is 13.8 Å². The predicted octanol–water partition coefficient (Wildman–Crippen LogP) is 2.96. The number of rotatable bonds is 7. The largest absolute Gasteiger partial charge is 0.355 e. The number of aryl methyl sites for hydroxylation is 2. The lowest BCUT2D eigenvalue weighted by Gasteiger charge is -2.19. The molecule has 1 aromatic rings. The molecule has 4 nitrogen and oxygen atoms in total. The van der Waals surface area contributed by atoms with E-state index < -0.39 is 0 Å². The van der Waals surface area contributed by atoms with E-state index in [0.29, 0.717) is 5.92 Å². The van der Waals surface area contributed by atoms with Crippen LogP contribution in [0.4, 0.5) is 0 Å². The molecule has 0 saturated heterocycles. The number of carbonyl (C=O) groups is 1. The zero-order valence-corrected chi connectivity index (χ0v) is 14.2. The Labute approximate surface area is 126 Å². The molecule has 2 atom stereocenters. The maximum atomic E-state index is 12.0. The van der Waals surface area contributed by atoms with Gasteiger partial charge in [-0.2, -0.15) is 0 Å². The summed E-state index contributed by atoms with van der Waals surface area (Å²) < 4.78 is 0. The minimum Gasteiger partial charge on any atom is -0.355 e. The molecular weight excluding hydrogens is 270 g/mol. The molecule has 0 aliphatic rings. The van der Waals surface area contributed by atoms with Gasteiger partial charge in [0.1, 0.15) is 0 Å². The smallest absolute Gasteiger partial charge is 0.236 e. The van der Waals surface area contributed by atoms with Crippen LogP contribution in [0.15, 0.2) is 0 Å². The number of thiazole rings is 1. The Morgan fingerprint density at radius 3 is 2.40 bits per heavy atom. The summed E-state index contributed by atoms with van der Waals surface area (Å²) in [5.41, 5.74) is 1.06. The van der Waals surface area contributed by atoms with Gasteiger partial charge in [-0.25, -0.2) is 4.98 Å². The van der Waals surface area contributed by atoms with Crippen molar-refractivity contribution in [1.82, 2.24) is 15.6 Å². The second-order valence-corrected chi connectivity index (χ2v) is 7.00. The zero-order valence-electron chi connectivity index (χ0n) is 13.4. The highest BCUT2D eigenvalue weighted by molar-refractivity contribution is 7.11. The molecule has 0 fully saturated rings. The highest BCUT2D eigenvalue weighted by Gasteiger charge is 2.19. The van der Waals surface area contributed by atoms with Gasteiger partial charge in [0.2, 0.25) is 5.91 Å². The third-order valence-electron chi connectivity index (χ3n) is 3.25. The summed E-state index contributed by atoms with van der Waals surface area (Å²) in [6.45, 7) is 13.1. The molecule has 5 heteroatoms.